The molecule has 0 bridgehead atoms. The average Bonchev–Trinajstić information content (AvgIpc) is 2.59. The van der Waals surface area contributed by atoms with Crippen molar-refractivity contribution >= 4 is 24.1 Å². The maximum atomic E-state index is 12.5. The van der Waals surface area contributed by atoms with Gasteiger partial charge in [0.2, 0.25) is 0 Å². The molecule has 5 amide bonds. The largest absolute Gasteiger partial charge is 0.465 e. The quantitative estimate of drug-likeness (QED) is 0.644. The molecule has 0 saturated carbocycles. The molecule has 2 saturated heterocycles. The zero-order valence-electron chi connectivity index (χ0n) is 12.7. The van der Waals surface area contributed by atoms with Gasteiger partial charge in [-0.25, -0.2) is 14.4 Å². The third-order valence-electron chi connectivity index (χ3n) is 3.63. The zero-order chi connectivity index (χ0) is 16.7. The Bertz CT molecular complexity index is 530. The molecule has 1 spiro atoms. The van der Waals surface area contributed by atoms with Crippen molar-refractivity contribution in [1.29, 1.82) is 0 Å². The lowest BCUT2D eigenvalue weighted by Gasteiger charge is -2.35. The lowest BCUT2D eigenvalue weighted by Crippen LogP contribution is -2.56. The number of ether oxygens (including phenoxy) is 1. The Morgan fingerprint density at radius 1 is 1.23 bits per heavy atom. The minimum atomic E-state index is -1.22. The van der Waals surface area contributed by atoms with Crippen LogP contribution in [-0.2, 0) is 9.53 Å². The molecule has 0 atom stereocenters. The van der Waals surface area contributed by atoms with Crippen molar-refractivity contribution in [2.24, 2.45) is 0 Å². The van der Waals surface area contributed by atoms with Crippen LogP contribution in [0.3, 0.4) is 0 Å². The predicted molar refractivity (Wildman–Crippen MR) is 73.2 cm³/mol. The predicted octanol–water partition coefficient (Wildman–Crippen LogP) is 0.986. The Kier molecular flexibility index (Phi) is 3.76. The summed E-state index contributed by atoms with van der Waals surface area (Å²) in [5, 5.41) is 11.4. The first-order valence-corrected chi connectivity index (χ1v) is 6.93. The van der Waals surface area contributed by atoms with E-state index in [1.54, 1.807) is 20.8 Å². The van der Waals surface area contributed by atoms with Gasteiger partial charge < -0.3 is 20.1 Å². The Balaban J connectivity index is 2.13. The third kappa shape index (κ3) is 2.83. The first kappa shape index (κ1) is 16.1. The van der Waals surface area contributed by atoms with Gasteiger partial charge >= 0.3 is 18.2 Å². The summed E-state index contributed by atoms with van der Waals surface area (Å²) in [6.07, 6.45) is -1.84. The maximum Gasteiger partial charge on any atom is 0.425 e. The molecule has 2 N–H and O–H groups in total. The van der Waals surface area contributed by atoms with Crippen LogP contribution in [0.4, 0.5) is 14.4 Å². The van der Waals surface area contributed by atoms with Gasteiger partial charge in [0.25, 0.3) is 5.91 Å². The first-order valence-electron chi connectivity index (χ1n) is 6.93. The first-order chi connectivity index (χ1) is 10.1. The monoisotopic (exact) mass is 313 g/mol. The van der Waals surface area contributed by atoms with Crippen molar-refractivity contribution in [1.82, 2.24) is 15.1 Å². The molecule has 2 aliphatic heterocycles. The molecule has 9 nitrogen and oxygen atoms in total. The van der Waals surface area contributed by atoms with Gasteiger partial charge in [0.05, 0.1) is 0 Å². The summed E-state index contributed by atoms with van der Waals surface area (Å²) in [4.78, 5) is 49.0. The third-order valence-corrected chi connectivity index (χ3v) is 3.63. The van der Waals surface area contributed by atoms with Gasteiger partial charge in [-0.3, -0.25) is 4.79 Å². The minimum Gasteiger partial charge on any atom is -0.465 e. The lowest BCUT2D eigenvalue weighted by atomic mass is 9.87. The lowest BCUT2D eigenvalue weighted by molar-refractivity contribution is -0.132. The number of nitrogens with zero attached hydrogens (tertiary/aromatic N) is 2. The molecule has 0 unspecified atom stereocenters. The Morgan fingerprint density at radius 2 is 1.77 bits per heavy atom. The fraction of sp³-hybridized carbons (Fsp3) is 0.692. The van der Waals surface area contributed by atoms with Gasteiger partial charge in [0, 0.05) is 13.1 Å². The molecule has 0 aromatic rings. The van der Waals surface area contributed by atoms with Crippen LogP contribution in [0.5, 0.6) is 0 Å². The van der Waals surface area contributed by atoms with E-state index in [4.69, 9.17) is 9.84 Å². The number of likely N-dealkylation sites (tertiary alicyclic amines) is 1. The van der Waals surface area contributed by atoms with Crippen LogP contribution < -0.4 is 5.32 Å². The second kappa shape index (κ2) is 5.15. The number of rotatable bonds is 0. The molecule has 2 fully saturated rings. The number of nitrogens with one attached hydrogen (secondary N) is 1. The molecule has 0 aliphatic carbocycles. The highest BCUT2D eigenvalue weighted by Crippen LogP contribution is 2.30. The normalized spacial score (nSPS) is 21.0. The standard InChI is InChI=1S/C13H19N3O6/c1-12(2,3)22-11(21)16-8(17)13(14-9(16)18)4-6-15(7-5-13)10(19)20/h4-7H2,1-3H3,(H,14,18)(H,19,20). The molecule has 22 heavy (non-hydrogen) atoms. The van der Waals surface area contributed by atoms with E-state index in [1.807, 2.05) is 0 Å². The molecule has 2 heterocycles. The molecule has 9 heteroatoms. The van der Waals surface area contributed by atoms with Crippen molar-refractivity contribution in [2.75, 3.05) is 13.1 Å². The van der Waals surface area contributed by atoms with E-state index in [2.05, 4.69) is 5.32 Å². The van der Waals surface area contributed by atoms with Crippen LogP contribution in [0.1, 0.15) is 33.6 Å². The highest BCUT2D eigenvalue weighted by atomic mass is 16.6. The molecular formula is C13H19N3O6. The summed E-state index contributed by atoms with van der Waals surface area (Å²) in [7, 11) is 0. The summed E-state index contributed by atoms with van der Waals surface area (Å²) < 4.78 is 5.06. The van der Waals surface area contributed by atoms with Crippen LogP contribution in [0.2, 0.25) is 0 Å². The average molecular weight is 313 g/mol. The van der Waals surface area contributed by atoms with Gasteiger partial charge in [-0.05, 0) is 33.6 Å². The van der Waals surface area contributed by atoms with Crippen LogP contribution in [-0.4, -0.2) is 63.3 Å². The molecule has 0 aromatic heterocycles. The van der Waals surface area contributed by atoms with Crippen LogP contribution in [0, 0.1) is 0 Å². The number of carbonyl (C=O) groups excluding carboxylic acids is 3. The Hall–Kier alpha value is -2.32. The topological polar surface area (TPSA) is 116 Å². The van der Waals surface area contributed by atoms with Crippen LogP contribution in [0.15, 0.2) is 0 Å². The minimum absolute atomic E-state index is 0.115. The van der Waals surface area contributed by atoms with Gasteiger partial charge in [0.15, 0.2) is 0 Å². The van der Waals surface area contributed by atoms with E-state index < -0.39 is 35.3 Å². The van der Waals surface area contributed by atoms with E-state index in [0.717, 1.165) is 0 Å². The van der Waals surface area contributed by atoms with Gasteiger partial charge in [0.1, 0.15) is 11.1 Å². The Labute approximate surface area is 127 Å². The second-order valence-corrected chi connectivity index (χ2v) is 6.40. The van der Waals surface area contributed by atoms with E-state index >= 15 is 0 Å². The summed E-state index contributed by atoms with van der Waals surface area (Å²) in [5.41, 5.74) is -2.06. The summed E-state index contributed by atoms with van der Waals surface area (Å²) in [6, 6.07) is -0.831. The summed E-state index contributed by atoms with van der Waals surface area (Å²) >= 11 is 0. The molecular weight excluding hydrogens is 294 g/mol. The van der Waals surface area contributed by atoms with Crippen molar-refractivity contribution in [2.45, 2.75) is 44.8 Å². The fourth-order valence-electron chi connectivity index (χ4n) is 2.51. The number of urea groups is 1. The SMILES string of the molecule is CC(C)(C)OC(=O)N1C(=O)NC2(CCN(C(=O)O)CC2)C1=O. The molecule has 0 radical (unpaired) electrons. The van der Waals surface area contributed by atoms with E-state index in [1.165, 1.54) is 4.90 Å². The van der Waals surface area contributed by atoms with Crippen LogP contribution >= 0.6 is 0 Å². The number of imide groups is 3. The molecule has 2 rings (SSSR count). The number of hydrogen-bond acceptors (Lipinski definition) is 5. The van der Waals surface area contributed by atoms with E-state index in [9.17, 15) is 19.2 Å². The van der Waals surface area contributed by atoms with Crippen molar-refractivity contribution in [3.8, 4) is 0 Å². The highest BCUT2D eigenvalue weighted by Gasteiger charge is 2.55. The number of hydrogen-bond donors (Lipinski definition) is 2. The fourth-order valence-corrected chi connectivity index (χ4v) is 2.51. The number of carboxylic acid groups (broad SMARTS) is 1. The molecule has 0 aromatic carbocycles. The smallest absolute Gasteiger partial charge is 0.425 e. The van der Waals surface area contributed by atoms with Gasteiger partial charge in [-0.1, -0.05) is 0 Å². The van der Waals surface area contributed by atoms with E-state index in [-0.39, 0.29) is 25.9 Å². The highest BCUT2D eigenvalue weighted by molar-refractivity contribution is 6.16. The number of piperidine rings is 1. The number of carbonyl (C=O) groups is 4. The molecule has 122 valence electrons. The second-order valence-electron chi connectivity index (χ2n) is 6.40. The zero-order valence-corrected chi connectivity index (χ0v) is 12.7. The molecule has 2 aliphatic rings. The Morgan fingerprint density at radius 3 is 2.23 bits per heavy atom. The summed E-state index contributed by atoms with van der Waals surface area (Å²) in [5.74, 6) is -0.684. The van der Waals surface area contributed by atoms with Crippen LogP contribution in [0.25, 0.3) is 0 Å². The van der Waals surface area contributed by atoms with Gasteiger partial charge in [-0.2, -0.15) is 4.90 Å². The van der Waals surface area contributed by atoms with Crippen molar-refractivity contribution in [3.05, 3.63) is 0 Å². The maximum absolute atomic E-state index is 12.5. The summed E-state index contributed by atoms with van der Waals surface area (Å²) in [6.45, 7) is 5.12. The van der Waals surface area contributed by atoms with Crippen molar-refractivity contribution < 1.29 is 29.0 Å². The van der Waals surface area contributed by atoms with E-state index in [0.29, 0.717) is 4.90 Å². The van der Waals surface area contributed by atoms with Crippen molar-refractivity contribution in [3.63, 3.8) is 0 Å². The number of amides is 5. The van der Waals surface area contributed by atoms with Gasteiger partial charge in [-0.15, -0.1) is 0 Å².